The lowest BCUT2D eigenvalue weighted by atomic mass is 10.2. The van der Waals surface area contributed by atoms with Crippen molar-refractivity contribution in [3.8, 4) is 0 Å². The van der Waals surface area contributed by atoms with Crippen LogP contribution in [-0.2, 0) is 4.79 Å². The van der Waals surface area contributed by atoms with Crippen molar-refractivity contribution in [2.75, 3.05) is 23.4 Å². The zero-order chi connectivity index (χ0) is 13.7. The lowest BCUT2D eigenvalue weighted by molar-refractivity contribution is -0.116. The summed E-state index contributed by atoms with van der Waals surface area (Å²) in [7, 11) is 0. The van der Waals surface area contributed by atoms with Gasteiger partial charge in [0.2, 0.25) is 5.91 Å². The number of carbonyl (C=O) groups excluding carboxylic acids is 1. The van der Waals surface area contributed by atoms with Gasteiger partial charge in [-0.1, -0.05) is 0 Å². The number of nitrogens with one attached hydrogen (secondary N) is 2. The fourth-order valence-electron chi connectivity index (χ4n) is 1.81. The molecule has 1 aromatic rings. The minimum atomic E-state index is -1.06. The van der Waals surface area contributed by atoms with E-state index in [0.717, 1.165) is 18.1 Å². The summed E-state index contributed by atoms with van der Waals surface area (Å²) >= 11 is 1.83. The number of nitrogens with zero attached hydrogens (tertiary/aromatic N) is 1. The Morgan fingerprint density at radius 3 is 3.05 bits per heavy atom. The van der Waals surface area contributed by atoms with E-state index in [1.54, 1.807) is 0 Å². The third-order valence-electron chi connectivity index (χ3n) is 2.70. The average molecular weight is 281 g/mol. The van der Waals surface area contributed by atoms with Gasteiger partial charge in [0, 0.05) is 36.7 Å². The van der Waals surface area contributed by atoms with Gasteiger partial charge < -0.3 is 15.7 Å². The molecule has 1 aliphatic rings. The summed E-state index contributed by atoms with van der Waals surface area (Å²) in [6.45, 7) is 0.915. The summed E-state index contributed by atoms with van der Waals surface area (Å²) in [5, 5.41) is 14.8. The lowest BCUT2D eigenvalue weighted by Crippen LogP contribution is -2.39. The van der Waals surface area contributed by atoms with E-state index in [4.69, 9.17) is 5.11 Å². The van der Waals surface area contributed by atoms with Crippen molar-refractivity contribution in [1.82, 2.24) is 10.3 Å². The molecule has 7 heteroatoms. The Labute approximate surface area is 115 Å². The Morgan fingerprint density at radius 2 is 2.37 bits per heavy atom. The zero-order valence-electron chi connectivity index (χ0n) is 10.3. The van der Waals surface area contributed by atoms with E-state index in [1.807, 2.05) is 11.8 Å². The minimum absolute atomic E-state index is 0.0594. The molecule has 3 N–H and O–H groups in total. The van der Waals surface area contributed by atoms with E-state index >= 15 is 0 Å². The highest BCUT2D eigenvalue weighted by molar-refractivity contribution is 7.99. The third-order valence-corrected chi connectivity index (χ3v) is 3.83. The summed E-state index contributed by atoms with van der Waals surface area (Å²) in [6, 6.07) is 1.57. The van der Waals surface area contributed by atoms with Crippen LogP contribution in [-0.4, -0.2) is 46.1 Å². The molecule has 102 valence electrons. The second-order valence-corrected chi connectivity index (χ2v) is 5.40. The number of rotatable bonds is 4. The van der Waals surface area contributed by atoms with Crippen LogP contribution in [0.5, 0.6) is 0 Å². The van der Waals surface area contributed by atoms with Gasteiger partial charge >= 0.3 is 5.97 Å². The van der Waals surface area contributed by atoms with E-state index in [1.165, 1.54) is 18.5 Å². The van der Waals surface area contributed by atoms with Crippen LogP contribution in [0.4, 0.5) is 5.69 Å². The predicted molar refractivity (Wildman–Crippen MR) is 73.6 cm³/mol. The molecule has 0 aromatic carbocycles. The maximum Gasteiger partial charge on any atom is 0.337 e. The molecule has 0 bridgehead atoms. The number of amides is 1. The van der Waals surface area contributed by atoms with Crippen LogP contribution in [0.2, 0.25) is 0 Å². The van der Waals surface area contributed by atoms with Gasteiger partial charge in [-0.25, -0.2) is 4.79 Å². The van der Waals surface area contributed by atoms with Crippen LogP contribution >= 0.6 is 11.8 Å². The first-order chi connectivity index (χ1) is 9.15. The number of anilines is 1. The lowest BCUT2D eigenvalue weighted by Gasteiger charge is -2.22. The number of thioether (sulfide) groups is 1. The molecule has 1 aliphatic heterocycles. The van der Waals surface area contributed by atoms with E-state index in [9.17, 15) is 9.59 Å². The number of hydrogen-bond acceptors (Lipinski definition) is 5. The van der Waals surface area contributed by atoms with Crippen LogP contribution in [0.1, 0.15) is 16.8 Å². The third kappa shape index (κ3) is 4.22. The largest absolute Gasteiger partial charge is 0.478 e. The summed E-state index contributed by atoms with van der Waals surface area (Å²) in [6.07, 6.45) is 3.06. The number of pyridine rings is 1. The van der Waals surface area contributed by atoms with Crippen LogP contribution in [0.25, 0.3) is 0 Å². The molecule has 1 aromatic heterocycles. The normalized spacial score (nSPS) is 18.8. The molecule has 19 heavy (non-hydrogen) atoms. The number of carboxylic acid groups (broad SMARTS) is 1. The molecule has 6 nitrogen and oxygen atoms in total. The van der Waals surface area contributed by atoms with Gasteiger partial charge in [-0.05, 0) is 6.07 Å². The van der Waals surface area contributed by atoms with Gasteiger partial charge in [0.05, 0.1) is 17.4 Å². The summed E-state index contributed by atoms with van der Waals surface area (Å²) < 4.78 is 0. The molecule has 1 amide bonds. The highest BCUT2D eigenvalue weighted by Crippen LogP contribution is 2.12. The monoisotopic (exact) mass is 281 g/mol. The van der Waals surface area contributed by atoms with E-state index in [0.29, 0.717) is 12.1 Å². The molecule has 0 spiro atoms. The number of aromatic carboxylic acids is 1. The smallest absolute Gasteiger partial charge is 0.337 e. The second-order valence-electron chi connectivity index (χ2n) is 4.25. The standard InChI is InChI=1S/C12H15N3O3S/c16-11(4-10-7-19-2-1-14-10)15-9-3-8(12(17)18)5-13-6-9/h3,5-6,10,14H,1-2,4,7H2,(H,15,16)(H,17,18). The zero-order valence-corrected chi connectivity index (χ0v) is 11.1. The van der Waals surface area contributed by atoms with Crippen molar-refractivity contribution in [2.45, 2.75) is 12.5 Å². The van der Waals surface area contributed by atoms with Gasteiger partial charge in [-0.15, -0.1) is 0 Å². The number of carboxylic acids is 1. The van der Waals surface area contributed by atoms with Gasteiger partial charge in [0.25, 0.3) is 0 Å². The summed E-state index contributed by atoms with van der Waals surface area (Å²) in [5.74, 6) is 0.794. The Balaban J connectivity index is 1.90. The molecule has 2 heterocycles. The van der Waals surface area contributed by atoms with Crippen molar-refractivity contribution in [1.29, 1.82) is 0 Å². The Kier molecular flexibility index (Phi) is 4.75. The first-order valence-corrected chi connectivity index (χ1v) is 7.10. The Bertz CT molecular complexity index is 475. The molecule has 1 unspecified atom stereocenters. The number of hydrogen-bond donors (Lipinski definition) is 3. The van der Waals surface area contributed by atoms with Crippen molar-refractivity contribution in [3.63, 3.8) is 0 Å². The van der Waals surface area contributed by atoms with Gasteiger partial charge in [0.15, 0.2) is 0 Å². The average Bonchev–Trinajstić information content (AvgIpc) is 2.40. The van der Waals surface area contributed by atoms with Crippen LogP contribution in [0.15, 0.2) is 18.5 Å². The molecule has 2 rings (SSSR count). The van der Waals surface area contributed by atoms with E-state index < -0.39 is 5.97 Å². The van der Waals surface area contributed by atoms with Crippen LogP contribution in [0.3, 0.4) is 0 Å². The fraction of sp³-hybridized carbons (Fsp3) is 0.417. The Morgan fingerprint density at radius 1 is 1.53 bits per heavy atom. The molecule has 1 atom stereocenters. The highest BCUT2D eigenvalue weighted by atomic mass is 32.2. The maximum atomic E-state index is 11.8. The molecule has 0 saturated carbocycles. The van der Waals surface area contributed by atoms with Crippen LogP contribution in [0, 0.1) is 0 Å². The molecular formula is C12H15N3O3S. The van der Waals surface area contributed by atoms with Crippen molar-refractivity contribution < 1.29 is 14.7 Å². The first-order valence-electron chi connectivity index (χ1n) is 5.94. The van der Waals surface area contributed by atoms with E-state index in [2.05, 4.69) is 15.6 Å². The Hall–Kier alpha value is -1.60. The molecule has 1 fully saturated rings. The van der Waals surface area contributed by atoms with Gasteiger partial charge in [0.1, 0.15) is 0 Å². The van der Waals surface area contributed by atoms with Gasteiger partial charge in [-0.3, -0.25) is 9.78 Å². The van der Waals surface area contributed by atoms with Crippen LogP contribution < -0.4 is 10.6 Å². The number of aromatic nitrogens is 1. The highest BCUT2D eigenvalue weighted by Gasteiger charge is 2.17. The summed E-state index contributed by atoms with van der Waals surface area (Å²) in [5.41, 5.74) is 0.470. The topological polar surface area (TPSA) is 91.3 Å². The molecule has 1 saturated heterocycles. The molecular weight excluding hydrogens is 266 g/mol. The maximum absolute atomic E-state index is 11.8. The number of carbonyl (C=O) groups is 2. The fourth-order valence-corrected chi connectivity index (χ4v) is 2.76. The van der Waals surface area contributed by atoms with Crippen molar-refractivity contribution in [2.24, 2.45) is 0 Å². The molecule has 0 aliphatic carbocycles. The summed E-state index contributed by atoms with van der Waals surface area (Å²) in [4.78, 5) is 26.4. The first kappa shape index (κ1) is 13.8. The minimum Gasteiger partial charge on any atom is -0.478 e. The predicted octanol–water partition coefficient (Wildman–Crippen LogP) is 0.813. The van der Waals surface area contributed by atoms with Gasteiger partial charge in [-0.2, -0.15) is 11.8 Å². The SMILES string of the molecule is O=C(CC1CSCCN1)Nc1cncc(C(=O)O)c1. The molecule has 0 radical (unpaired) electrons. The van der Waals surface area contributed by atoms with Crippen molar-refractivity contribution >= 4 is 29.3 Å². The quantitative estimate of drug-likeness (QED) is 0.756. The second kappa shape index (κ2) is 6.53. The van der Waals surface area contributed by atoms with E-state index in [-0.39, 0.29) is 17.5 Å². The van der Waals surface area contributed by atoms with Crippen molar-refractivity contribution in [3.05, 3.63) is 24.0 Å².